The monoisotopic (exact) mass is 344 g/mol. The summed E-state index contributed by atoms with van der Waals surface area (Å²) in [6, 6.07) is 3.86. The maximum atomic E-state index is 12.3. The number of carbonyl (C=O) groups is 1. The Morgan fingerprint density at radius 1 is 1.32 bits per heavy atom. The van der Waals surface area contributed by atoms with Crippen LogP contribution in [0.1, 0.15) is 5.69 Å². The fourth-order valence-corrected chi connectivity index (χ4v) is 3.00. The molecule has 1 fully saturated rings. The van der Waals surface area contributed by atoms with E-state index < -0.39 is 6.10 Å². The molecule has 2 aromatic rings. The van der Waals surface area contributed by atoms with Crippen molar-refractivity contribution in [2.24, 2.45) is 7.05 Å². The zero-order valence-electron chi connectivity index (χ0n) is 14.6. The molecule has 8 heteroatoms. The molecule has 1 aliphatic heterocycles. The van der Waals surface area contributed by atoms with Crippen LogP contribution >= 0.6 is 0 Å². The summed E-state index contributed by atoms with van der Waals surface area (Å²) in [6.45, 7) is 4.63. The fraction of sp³-hybridized carbons (Fsp3) is 0.471. The minimum absolute atomic E-state index is 0.0966. The minimum Gasteiger partial charge on any atom is -0.390 e. The Morgan fingerprint density at radius 2 is 2.08 bits per heavy atom. The van der Waals surface area contributed by atoms with Crippen molar-refractivity contribution in [3.63, 3.8) is 0 Å². The van der Waals surface area contributed by atoms with Crippen LogP contribution in [-0.4, -0.2) is 69.5 Å². The number of nitrogens with one attached hydrogen (secondary N) is 1. The molecule has 3 rings (SSSR count). The maximum absolute atomic E-state index is 12.3. The van der Waals surface area contributed by atoms with Crippen LogP contribution in [0.4, 0.5) is 11.4 Å². The van der Waals surface area contributed by atoms with E-state index in [1.807, 2.05) is 31.0 Å². The number of β-amino-alcohol motifs (C(OH)–C–C–N with tert-alkyl or cyclic N) is 1. The molecule has 8 nitrogen and oxygen atoms in total. The highest BCUT2D eigenvalue weighted by Gasteiger charge is 2.23. The van der Waals surface area contributed by atoms with Crippen molar-refractivity contribution in [2.75, 3.05) is 42.9 Å². The van der Waals surface area contributed by atoms with E-state index in [2.05, 4.69) is 20.3 Å². The van der Waals surface area contributed by atoms with Gasteiger partial charge in [0.05, 0.1) is 30.2 Å². The number of hydrogen-bond donors (Lipinski definition) is 2. The van der Waals surface area contributed by atoms with E-state index in [0.29, 0.717) is 19.6 Å². The number of aryl methyl sites for hydroxylation is 1. The van der Waals surface area contributed by atoms with Gasteiger partial charge in [-0.3, -0.25) is 19.4 Å². The molecule has 0 aromatic carbocycles. The first kappa shape index (κ1) is 17.4. The second-order valence-corrected chi connectivity index (χ2v) is 6.36. The molecule has 0 bridgehead atoms. The number of aliphatic hydroxyl groups excluding tert-OH is 1. The van der Waals surface area contributed by atoms with E-state index >= 15 is 0 Å². The normalized spacial score (nSPS) is 18.8. The molecular formula is C17H24N6O2. The van der Waals surface area contributed by atoms with Crippen LogP contribution in [0.5, 0.6) is 0 Å². The van der Waals surface area contributed by atoms with Crippen LogP contribution in [0.2, 0.25) is 0 Å². The fourth-order valence-electron chi connectivity index (χ4n) is 3.00. The second kappa shape index (κ2) is 7.62. The Morgan fingerprint density at radius 3 is 2.76 bits per heavy atom. The topological polar surface area (TPSA) is 86.5 Å². The van der Waals surface area contributed by atoms with Crippen LogP contribution in [0.25, 0.3) is 0 Å². The summed E-state index contributed by atoms with van der Waals surface area (Å²) in [5.41, 5.74) is 2.67. The molecule has 2 N–H and O–H groups in total. The van der Waals surface area contributed by atoms with Gasteiger partial charge in [0.15, 0.2) is 0 Å². The highest BCUT2D eigenvalue weighted by Crippen LogP contribution is 2.16. The molecule has 1 atom stereocenters. The number of nitrogens with zero attached hydrogens (tertiary/aromatic N) is 5. The van der Waals surface area contributed by atoms with E-state index in [9.17, 15) is 9.90 Å². The smallest absolute Gasteiger partial charge is 0.238 e. The lowest BCUT2D eigenvalue weighted by molar-refractivity contribution is -0.117. The maximum Gasteiger partial charge on any atom is 0.238 e. The lowest BCUT2D eigenvalue weighted by atomic mass is 10.3. The summed E-state index contributed by atoms with van der Waals surface area (Å²) >= 11 is 0. The Hall–Kier alpha value is -2.45. The molecule has 0 radical (unpaired) electrons. The number of rotatable bonds is 4. The van der Waals surface area contributed by atoms with Gasteiger partial charge in [0.1, 0.15) is 0 Å². The molecular weight excluding hydrogens is 320 g/mol. The van der Waals surface area contributed by atoms with E-state index in [4.69, 9.17) is 0 Å². The summed E-state index contributed by atoms with van der Waals surface area (Å²) in [7, 11) is 1.84. The Balaban J connectivity index is 1.58. The zero-order valence-corrected chi connectivity index (χ0v) is 14.6. The average molecular weight is 344 g/mol. The molecule has 25 heavy (non-hydrogen) atoms. The third-order valence-electron chi connectivity index (χ3n) is 4.49. The van der Waals surface area contributed by atoms with Crippen LogP contribution < -0.4 is 10.2 Å². The molecule has 134 valence electrons. The predicted octanol–water partition coefficient (Wildman–Crippen LogP) is 0.245. The Bertz CT molecular complexity index is 717. The summed E-state index contributed by atoms with van der Waals surface area (Å²) in [5.74, 6) is -0.0966. The largest absolute Gasteiger partial charge is 0.390 e. The van der Waals surface area contributed by atoms with Crippen molar-refractivity contribution < 1.29 is 9.90 Å². The molecule has 0 aliphatic carbocycles. The van der Waals surface area contributed by atoms with Crippen LogP contribution in [0.15, 0.2) is 30.7 Å². The molecule has 0 spiro atoms. The van der Waals surface area contributed by atoms with Crippen LogP contribution in [0, 0.1) is 6.92 Å². The van der Waals surface area contributed by atoms with E-state index in [1.54, 1.807) is 23.3 Å². The minimum atomic E-state index is -0.511. The highest BCUT2D eigenvalue weighted by atomic mass is 16.3. The summed E-state index contributed by atoms with van der Waals surface area (Å²) in [5, 5.41) is 17.3. The Kier molecular flexibility index (Phi) is 5.30. The lowest BCUT2D eigenvalue weighted by Crippen LogP contribution is -2.38. The van der Waals surface area contributed by atoms with E-state index in [-0.39, 0.29) is 12.5 Å². The quantitative estimate of drug-likeness (QED) is 0.827. The van der Waals surface area contributed by atoms with Crippen molar-refractivity contribution in [3.8, 4) is 0 Å². The summed E-state index contributed by atoms with van der Waals surface area (Å²) < 4.78 is 1.72. The first-order valence-electron chi connectivity index (χ1n) is 8.37. The molecule has 3 heterocycles. The van der Waals surface area contributed by atoms with Gasteiger partial charge in [-0.1, -0.05) is 0 Å². The summed E-state index contributed by atoms with van der Waals surface area (Å²) in [4.78, 5) is 20.4. The molecule has 1 aliphatic rings. The van der Waals surface area contributed by atoms with Crippen molar-refractivity contribution in [1.82, 2.24) is 19.7 Å². The van der Waals surface area contributed by atoms with E-state index in [0.717, 1.165) is 23.6 Å². The molecule has 1 saturated heterocycles. The number of aromatic nitrogens is 3. The average Bonchev–Trinajstić information content (AvgIpc) is 2.80. The van der Waals surface area contributed by atoms with Crippen molar-refractivity contribution in [2.45, 2.75) is 13.0 Å². The third kappa shape index (κ3) is 4.34. The van der Waals surface area contributed by atoms with Gasteiger partial charge in [-0.15, -0.1) is 0 Å². The predicted molar refractivity (Wildman–Crippen MR) is 95.5 cm³/mol. The van der Waals surface area contributed by atoms with Gasteiger partial charge in [0.25, 0.3) is 0 Å². The number of pyridine rings is 1. The van der Waals surface area contributed by atoms with Crippen molar-refractivity contribution in [1.29, 1.82) is 0 Å². The first-order valence-corrected chi connectivity index (χ1v) is 8.37. The van der Waals surface area contributed by atoms with Gasteiger partial charge in [-0.25, -0.2) is 0 Å². The van der Waals surface area contributed by atoms with Gasteiger partial charge in [0, 0.05) is 51.3 Å². The standard InChI is InChI=1S/C17H24N6O2/c1-13-16(9-19-21(13)2)20-17(25)12-22-7-8-23(11-15(24)10-22)14-3-5-18-6-4-14/h3-6,9,15,24H,7-8,10-12H2,1-2H3,(H,20,25)/t15-/m1/s1. The van der Waals surface area contributed by atoms with Gasteiger partial charge >= 0.3 is 0 Å². The second-order valence-electron chi connectivity index (χ2n) is 6.36. The number of amides is 1. The van der Waals surface area contributed by atoms with Gasteiger partial charge in [-0.2, -0.15) is 5.10 Å². The lowest BCUT2D eigenvalue weighted by Gasteiger charge is -2.23. The number of aliphatic hydroxyl groups is 1. The van der Waals surface area contributed by atoms with Crippen LogP contribution in [0.3, 0.4) is 0 Å². The van der Waals surface area contributed by atoms with Crippen molar-refractivity contribution >= 4 is 17.3 Å². The number of hydrogen-bond acceptors (Lipinski definition) is 6. The van der Waals surface area contributed by atoms with Crippen LogP contribution in [-0.2, 0) is 11.8 Å². The zero-order chi connectivity index (χ0) is 17.8. The first-order chi connectivity index (χ1) is 12.0. The molecule has 0 saturated carbocycles. The Labute approximate surface area is 147 Å². The van der Waals surface area contributed by atoms with Crippen molar-refractivity contribution in [3.05, 3.63) is 36.4 Å². The highest BCUT2D eigenvalue weighted by molar-refractivity contribution is 5.92. The van der Waals surface area contributed by atoms with Gasteiger partial charge < -0.3 is 15.3 Å². The van der Waals surface area contributed by atoms with Gasteiger partial charge in [0.2, 0.25) is 5.91 Å². The molecule has 1 amide bonds. The molecule has 0 unspecified atom stereocenters. The third-order valence-corrected chi connectivity index (χ3v) is 4.49. The molecule has 2 aromatic heterocycles. The van der Waals surface area contributed by atoms with Gasteiger partial charge in [-0.05, 0) is 19.1 Å². The number of carbonyl (C=O) groups excluding carboxylic acids is 1. The SMILES string of the molecule is Cc1c(NC(=O)CN2CCN(c3ccncc3)C[C@H](O)C2)cnn1C. The number of anilines is 2. The summed E-state index contributed by atoms with van der Waals surface area (Å²) in [6.07, 6.45) is 4.63. The van der Waals surface area contributed by atoms with E-state index in [1.165, 1.54) is 0 Å².